The van der Waals surface area contributed by atoms with Gasteiger partial charge >= 0.3 is 0 Å². The van der Waals surface area contributed by atoms with E-state index in [0.29, 0.717) is 0 Å². The minimum absolute atomic E-state index is 0.0185. The highest BCUT2D eigenvalue weighted by Crippen LogP contribution is 2.16. The second kappa shape index (κ2) is 1.67. The van der Waals surface area contributed by atoms with Gasteiger partial charge in [0.05, 0.1) is 0 Å². The van der Waals surface area contributed by atoms with Gasteiger partial charge in [-0.05, 0) is 19.4 Å². The molecule has 6 heavy (non-hydrogen) atoms. The van der Waals surface area contributed by atoms with Crippen LogP contribution in [-0.2, 0) is 0 Å². The zero-order valence-electron chi connectivity index (χ0n) is 2.89. The van der Waals surface area contributed by atoms with Crippen molar-refractivity contribution in [2.45, 2.75) is 0 Å². The van der Waals surface area contributed by atoms with E-state index in [0.717, 1.165) is 19.5 Å². The molecule has 0 aromatic carbocycles. The van der Waals surface area contributed by atoms with E-state index in [1.54, 1.807) is 11.2 Å². The molecular formula is C3H2FPS. The van der Waals surface area contributed by atoms with Crippen LogP contribution in [0.15, 0.2) is 11.2 Å². The topological polar surface area (TPSA) is 0 Å². The number of hydrogen-bond donors (Lipinski definition) is 0. The molecule has 0 amide bonds. The van der Waals surface area contributed by atoms with E-state index in [-0.39, 0.29) is 4.86 Å². The van der Waals surface area contributed by atoms with Crippen molar-refractivity contribution < 1.29 is 4.39 Å². The van der Waals surface area contributed by atoms with Crippen LogP contribution in [0, 0.1) is 4.86 Å². The van der Waals surface area contributed by atoms with Gasteiger partial charge in [-0.25, -0.2) is 0 Å². The van der Waals surface area contributed by atoms with Crippen LogP contribution in [0.2, 0.25) is 0 Å². The summed E-state index contributed by atoms with van der Waals surface area (Å²) in [5.41, 5.74) is 0. The fraction of sp³-hybridized carbons (Fsp3) is 0. The molecule has 1 rings (SSSR count). The normalized spacial score (nSPS) is 10.2. The monoisotopic (exact) mass is 120 g/mol. The summed E-state index contributed by atoms with van der Waals surface area (Å²) in [5, 5.41) is 1.75. The number of halogens is 1. The van der Waals surface area contributed by atoms with E-state index in [1.807, 2.05) is 0 Å². The summed E-state index contributed by atoms with van der Waals surface area (Å²) >= 11 is 1.15. The van der Waals surface area contributed by atoms with Gasteiger partial charge in [0.15, 0.2) is 0 Å². The van der Waals surface area contributed by atoms with Gasteiger partial charge in [-0.2, -0.15) is 4.39 Å². The summed E-state index contributed by atoms with van der Waals surface area (Å²) < 4.78 is 11.7. The molecule has 0 saturated heterocycles. The van der Waals surface area contributed by atoms with Crippen LogP contribution in [0.4, 0.5) is 4.39 Å². The van der Waals surface area contributed by atoms with Gasteiger partial charge in [0.25, 0.3) is 0 Å². The molecule has 3 heteroatoms. The fourth-order valence-electron chi connectivity index (χ4n) is 0.206. The molecule has 0 aliphatic rings. The number of rotatable bonds is 0. The van der Waals surface area contributed by atoms with Crippen LogP contribution in [0.5, 0.6) is 0 Å². The molecule has 0 aliphatic carbocycles. The Morgan fingerprint density at radius 2 is 2.67 bits per heavy atom. The summed E-state index contributed by atoms with van der Waals surface area (Å²) in [6.45, 7) is 0. The zero-order valence-corrected chi connectivity index (χ0v) is 4.60. The predicted molar refractivity (Wildman–Crippen MR) is 26.8 cm³/mol. The Kier molecular flexibility index (Phi) is 1.18. The van der Waals surface area contributed by atoms with Gasteiger partial charge in [-0.1, -0.05) is 0 Å². The van der Waals surface area contributed by atoms with Crippen molar-refractivity contribution in [3.05, 3.63) is 16.0 Å². The quantitative estimate of drug-likeness (QED) is 0.493. The van der Waals surface area contributed by atoms with Crippen molar-refractivity contribution in [1.29, 1.82) is 0 Å². The molecule has 32 valence electrons. The van der Waals surface area contributed by atoms with Crippen LogP contribution < -0.4 is 0 Å². The van der Waals surface area contributed by atoms with Crippen LogP contribution in [0.25, 0.3) is 0 Å². The minimum atomic E-state index is -0.0185. The van der Waals surface area contributed by atoms with Gasteiger partial charge < -0.3 is 0 Å². The SMILES string of the molecule is Fc1pccs1. The molecule has 1 aromatic rings. The summed E-state index contributed by atoms with van der Waals surface area (Å²) in [7, 11) is 0.722. The molecule has 0 radical (unpaired) electrons. The van der Waals surface area contributed by atoms with E-state index in [4.69, 9.17) is 0 Å². The van der Waals surface area contributed by atoms with Crippen molar-refractivity contribution >= 4 is 19.5 Å². The van der Waals surface area contributed by atoms with E-state index >= 15 is 0 Å². The lowest BCUT2D eigenvalue weighted by molar-refractivity contribution is 0.683. The van der Waals surface area contributed by atoms with Crippen molar-refractivity contribution in [1.82, 2.24) is 0 Å². The maximum atomic E-state index is 11.7. The minimum Gasteiger partial charge on any atom is -0.190 e. The summed E-state index contributed by atoms with van der Waals surface area (Å²) in [5.74, 6) is 1.78. The van der Waals surface area contributed by atoms with Gasteiger partial charge in [-0.3, -0.25) is 0 Å². The van der Waals surface area contributed by atoms with E-state index in [2.05, 4.69) is 0 Å². The van der Waals surface area contributed by atoms with E-state index < -0.39 is 0 Å². The predicted octanol–water partition coefficient (Wildman–Crippen LogP) is 2.47. The Morgan fingerprint density at radius 3 is 2.83 bits per heavy atom. The first-order valence-electron chi connectivity index (χ1n) is 1.44. The summed E-state index contributed by atoms with van der Waals surface area (Å²) in [6, 6.07) is 0. The highest BCUT2D eigenvalue weighted by Gasteiger charge is 1.81. The smallest absolute Gasteiger partial charge is 0.190 e. The third-order valence-corrected chi connectivity index (χ3v) is 2.20. The first-order valence-corrected chi connectivity index (χ1v) is 3.29. The number of hydrogen-bond acceptors (Lipinski definition) is 1. The molecule has 0 fully saturated rings. The van der Waals surface area contributed by atoms with Crippen molar-refractivity contribution in [2.24, 2.45) is 0 Å². The lowest BCUT2D eigenvalue weighted by Gasteiger charge is -1.59. The summed E-state index contributed by atoms with van der Waals surface area (Å²) in [6.07, 6.45) is 0. The molecule has 0 atom stereocenters. The fourth-order valence-corrected chi connectivity index (χ4v) is 1.53. The highest BCUT2D eigenvalue weighted by atomic mass is 32.1. The first kappa shape index (κ1) is 4.23. The Bertz CT molecular complexity index is 114. The average molecular weight is 120 g/mol. The van der Waals surface area contributed by atoms with Crippen molar-refractivity contribution in [2.75, 3.05) is 0 Å². The Balaban J connectivity index is 3.05. The molecule has 0 bridgehead atoms. The van der Waals surface area contributed by atoms with Gasteiger partial charge in [0, 0.05) is 0 Å². The molecule has 0 aliphatic heterocycles. The Morgan fingerprint density at radius 1 is 1.83 bits per heavy atom. The molecule has 0 nitrogen and oxygen atoms in total. The maximum Gasteiger partial charge on any atom is 0.202 e. The lowest BCUT2D eigenvalue weighted by Crippen LogP contribution is -1.33. The van der Waals surface area contributed by atoms with Crippen LogP contribution in [0.1, 0.15) is 0 Å². The molecule has 0 saturated carbocycles. The molecule has 0 N–H and O–H groups in total. The second-order valence-electron chi connectivity index (χ2n) is 0.785. The Labute approximate surface area is 40.7 Å². The molecular weight excluding hydrogens is 118 g/mol. The largest absolute Gasteiger partial charge is 0.202 e. The van der Waals surface area contributed by atoms with Crippen LogP contribution in [0.3, 0.4) is 0 Å². The third kappa shape index (κ3) is 0.763. The van der Waals surface area contributed by atoms with Crippen LogP contribution >= 0.6 is 19.5 Å². The average Bonchev–Trinajstić information content (AvgIpc) is 1.86. The highest BCUT2D eigenvalue weighted by molar-refractivity contribution is 7.38. The molecule has 1 heterocycles. The van der Waals surface area contributed by atoms with E-state index in [1.165, 1.54) is 0 Å². The summed E-state index contributed by atoms with van der Waals surface area (Å²) in [4.78, 5) is -0.0185. The standard InChI is InChI=1S/C3H2FPS/c4-3-5-1-2-6-3/h1-2H. The molecule has 0 unspecified atom stereocenters. The zero-order chi connectivity index (χ0) is 4.41. The molecule has 0 spiro atoms. The van der Waals surface area contributed by atoms with Gasteiger partial charge in [-0.15, -0.1) is 11.3 Å². The van der Waals surface area contributed by atoms with Crippen molar-refractivity contribution in [3.8, 4) is 0 Å². The third-order valence-electron chi connectivity index (χ3n) is 0.402. The van der Waals surface area contributed by atoms with Crippen LogP contribution in [-0.4, -0.2) is 0 Å². The van der Waals surface area contributed by atoms with Gasteiger partial charge in [0.2, 0.25) is 4.86 Å². The van der Waals surface area contributed by atoms with Crippen molar-refractivity contribution in [3.63, 3.8) is 0 Å². The van der Waals surface area contributed by atoms with E-state index in [9.17, 15) is 4.39 Å². The first-order chi connectivity index (χ1) is 2.89. The molecule has 1 aromatic heterocycles. The second-order valence-corrected chi connectivity index (χ2v) is 2.90. The lowest BCUT2D eigenvalue weighted by atomic mass is 11.2. The van der Waals surface area contributed by atoms with Gasteiger partial charge in [0.1, 0.15) is 0 Å². The Hall–Kier alpha value is 0.0600. The maximum absolute atomic E-state index is 11.7.